The maximum atomic E-state index is 4.67. The molecule has 0 amide bonds. The van der Waals surface area contributed by atoms with Crippen molar-refractivity contribution in [3.8, 4) is 0 Å². The second-order valence-corrected chi connectivity index (χ2v) is 7.72. The lowest BCUT2D eigenvalue weighted by molar-refractivity contribution is 0.665. The second kappa shape index (κ2) is 10.4. The third kappa shape index (κ3) is 6.99. The molecule has 24 heavy (non-hydrogen) atoms. The van der Waals surface area contributed by atoms with Crippen molar-refractivity contribution in [2.75, 3.05) is 37.3 Å². The highest BCUT2D eigenvalue weighted by Crippen LogP contribution is 2.19. The first-order valence-electron chi connectivity index (χ1n) is 8.72. The summed E-state index contributed by atoms with van der Waals surface area (Å²) in [7, 11) is 0. The van der Waals surface area contributed by atoms with Crippen LogP contribution in [-0.2, 0) is 6.54 Å². The molecule has 0 aliphatic rings. The summed E-state index contributed by atoms with van der Waals surface area (Å²) in [4.78, 5) is 11.5. The SMILES string of the molecule is CCNC(=NCc1ccc(N(CC)CC)nc1)NCC(C)(C)SC. The average molecular weight is 352 g/mol. The van der Waals surface area contributed by atoms with Crippen molar-refractivity contribution in [3.63, 3.8) is 0 Å². The van der Waals surface area contributed by atoms with Gasteiger partial charge in [0.15, 0.2) is 5.96 Å². The third-order valence-corrected chi connectivity index (χ3v) is 5.14. The van der Waals surface area contributed by atoms with E-state index in [-0.39, 0.29) is 4.75 Å². The van der Waals surface area contributed by atoms with Gasteiger partial charge in [0, 0.05) is 37.1 Å². The fourth-order valence-electron chi connectivity index (χ4n) is 2.13. The Morgan fingerprint density at radius 1 is 1.21 bits per heavy atom. The molecule has 0 aromatic carbocycles. The van der Waals surface area contributed by atoms with Gasteiger partial charge in [-0.05, 0) is 52.5 Å². The van der Waals surface area contributed by atoms with Crippen LogP contribution in [0.2, 0.25) is 0 Å². The van der Waals surface area contributed by atoms with Gasteiger partial charge in [0.1, 0.15) is 5.82 Å². The van der Waals surface area contributed by atoms with E-state index in [0.717, 1.165) is 43.5 Å². The van der Waals surface area contributed by atoms with Crippen molar-refractivity contribution in [1.29, 1.82) is 0 Å². The first-order chi connectivity index (χ1) is 11.5. The van der Waals surface area contributed by atoms with Gasteiger partial charge < -0.3 is 15.5 Å². The molecule has 0 spiro atoms. The van der Waals surface area contributed by atoms with E-state index in [1.54, 1.807) is 0 Å². The van der Waals surface area contributed by atoms with Crippen molar-refractivity contribution < 1.29 is 0 Å². The van der Waals surface area contributed by atoms with Gasteiger partial charge in [-0.25, -0.2) is 9.98 Å². The number of aromatic nitrogens is 1. The number of rotatable bonds is 9. The summed E-state index contributed by atoms with van der Waals surface area (Å²) in [6.45, 7) is 15.1. The van der Waals surface area contributed by atoms with Gasteiger partial charge in [0.2, 0.25) is 0 Å². The molecule has 0 saturated carbocycles. The largest absolute Gasteiger partial charge is 0.357 e. The molecule has 1 aromatic heterocycles. The van der Waals surface area contributed by atoms with Crippen molar-refractivity contribution in [2.45, 2.75) is 45.9 Å². The van der Waals surface area contributed by atoms with Crippen LogP contribution in [-0.4, -0.2) is 48.1 Å². The number of aliphatic imine (C=N–C) groups is 1. The number of hydrogen-bond acceptors (Lipinski definition) is 4. The fraction of sp³-hybridized carbons (Fsp3) is 0.667. The molecule has 2 N–H and O–H groups in total. The lowest BCUT2D eigenvalue weighted by atomic mass is 10.2. The van der Waals surface area contributed by atoms with Crippen LogP contribution < -0.4 is 15.5 Å². The van der Waals surface area contributed by atoms with Gasteiger partial charge >= 0.3 is 0 Å². The van der Waals surface area contributed by atoms with Crippen molar-refractivity contribution >= 4 is 23.5 Å². The Labute approximate surface area is 151 Å². The Kier molecular flexibility index (Phi) is 8.97. The highest BCUT2D eigenvalue weighted by atomic mass is 32.2. The number of nitrogens with zero attached hydrogens (tertiary/aromatic N) is 3. The van der Waals surface area contributed by atoms with Crippen LogP contribution in [0.1, 0.15) is 40.2 Å². The van der Waals surface area contributed by atoms with E-state index in [0.29, 0.717) is 6.54 Å². The molecule has 136 valence electrons. The maximum absolute atomic E-state index is 4.67. The zero-order chi connectivity index (χ0) is 18.0. The van der Waals surface area contributed by atoms with E-state index in [9.17, 15) is 0 Å². The number of pyridine rings is 1. The third-order valence-electron chi connectivity index (χ3n) is 3.89. The van der Waals surface area contributed by atoms with Crippen molar-refractivity contribution in [2.24, 2.45) is 4.99 Å². The summed E-state index contributed by atoms with van der Waals surface area (Å²) in [5, 5.41) is 6.72. The summed E-state index contributed by atoms with van der Waals surface area (Å²) in [5.41, 5.74) is 1.12. The van der Waals surface area contributed by atoms with Crippen LogP contribution in [0.25, 0.3) is 0 Å². The first-order valence-corrected chi connectivity index (χ1v) is 9.95. The quantitative estimate of drug-likeness (QED) is 0.529. The number of thioether (sulfide) groups is 1. The Morgan fingerprint density at radius 2 is 1.92 bits per heavy atom. The lowest BCUT2D eigenvalue weighted by Gasteiger charge is -2.23. The Hall–Kier alpha value is -1.43. The van der Waals surface area contributed by atoms with Crippen molar-refractivity contribution in [3.05, 3.63) is 23.9 Å². The highest BCUT2D eigenvalue weighted by molar-refractivity contribution is 7.99. The van der Waals surface area contributed by atoms with E-state index in [1.165, 1.54) is 0 Å². The van der Waals surface area contributed by atoms with E-state index in [1.807, 2.05) is 18.0 Å². The summed E-state index contributed by atoms with van der Waals surface area (Å²) in [6.07, 6.45) is 4.06. The minimum Gasteiger partial charge on any atom is -0.357 e. The van der Waals surface area contributed by atoms with Crippen molar-refractivity contribution in [1.82, 2.24) is 15.6 Å². The predicted octanol–water partition coefficient (Wildman–Crippen LogP) is 3.12. The van der Waals surface area contributed by atoms with Crippen LogP contribution in [0.4, 0.5) is 5.82 Å². The molecule has 0 aliphatic carbocycles. The molecule has 1 aromatic rings. The van der Waals surface area contributed by atoms with Gasteiger partial charge in [0.25, 0.3) is 0 Å². The highest BCUT2D eigenvalue weighted by Gasteiger charge is 2.16. The zero-order valence-electron chi connectivity index (χ0n) is 16.0. The summed E-state index contributed by atoms with van der Waals surface area (Å²) >= 11 is 1.85. The van der Waals surface area contributed by atoms with Gasteiger partial charge in [-0.15, -0.1) is 0 Å². The summed E-state index contributed by atoms with van der Waals surface area (Å²) in [5.74, 6) is 1.88. The topological polar surface area (TPSA) is 52.6 Å². The number of hydrogen-bond donors (Lipinski definition) is 2. The smallest absolute Gasteiger partial charge is 0.191 e. The predicted molar refractivity (Wildman–Crippen MR) is 108 cm³/mol. The molecule has 6 heteroatoms. The lowest BCUT2D eigenvalue weighted by Crippen LogP contribution is -2.43. The van der Waals surface area contributed by atoms with Gasteiger partial charge in [-0.1, -0.05) is 6.07 Å². The molecule has 1 rings (SSSR count). The average Bonchev–Trinajstić information content (AvgIpc) is 2.59. The molecule has 0 saturated heterocycles. The Balaban J connectivity index is 2.68. The van der Waals surface area contributed by atoms with Gasteiger partial charge in [-0.2, -0.15) is 11.8 Å². The van der Waals surface area contributed by atoms with E-state index in [2.05, 4.69) is 78.5 Å². The number of anilines is 1. The maximum Gasteiger partial charge on any atom is 0.191 e. The number of nitrogens with one attached hydrogen (secondary N) is 2. The molecular weight excluding hydrogens is 318 g/mol. The normalized spacial score (nSPS) is 12.2. The first kappa shape index (κ1) is 20.6. The van der Waals surface area contributed by atoms with Crippen LogP contribution in [0.3, 0.4) is 0 Å². The van der Waals surface area contributed by atoms with E-state index >= 15 is 0 Å². The molecule has 1 heterocycles. The van der Waals surface area contributed by atoms with Crippen LogP contribution in [0, 0.1) is 0 Å². The second-order valence-electron chi connectivity index (χ2n) is 6.21. The molecule has 0 unspecified atom stereocenters. The Morgan fingerprint density at radius 3 is 2.42 bits per heavy atom. The molecule has 0 aliphatic heterocycles. The molecular formula is C18H33N5S. The standard InChI is InChI=1S/C18H33N5S/c1-7-19-17(22-14-18(4,5)24-6)21-13-15-10-11-16(20-12-15)23(8-2)9-3/h10-12H,7-9,13-14H2,1-6H3,(H2,19,21,22). The van der Waals surface area contributed by atoms with Gasteiger partial charge in [-0.3, -0.25) is 0 Å². The van der Waals surface area contributed by atoms with Crippen LogP contribution in [0.5, 0.6) is 0 Å². The molecule has 5 nitrogen and oxygen atoms in total. The Bertz CT molecular complexity index is 495. The minimum absolute atomic E-state index is 0.184. The zero-order valence-corrected chi connectivity index (χ0v) is 16.8. The molecule has 0 bridgehead atoms. The molecule has 0 fully saturated rings. The minimum atomic E-state index is 0.184. The van der Waals surface area contributed by atoms with E-state index < -0.39 is 0 Å². The molecule has 0 atom stereocenters. The summed E-state index contributed by atoms with van der Waals surface area (Å²) in [6, 6.07) is 4.19. The molecule has 0 radical (unpaired) electrons. The van der Waals surface area contributed by atoms with E-state index in [4.69, 9.17) is 0 Å². The summed E-state index contributed by atoms with van der Waals surface area (Å²) < 4.78 is 0.184. The fourth-order valence-corrected chi connectivity index (χ4v) is 2.34. The van der Waals surface area contributed by atoms with Crippen LogP contribution in [0.15, 0.2) is 23.3 Å². The van der Waals surface area contributed by atoms with Gasteiger partial charge in [0.05, 0.1) is 6.54 Å². The monoisotopic (exact) mass is 351 g/mol. The van der Waals surface area contributed by atoms with Crippen LogP contribution >= 0.6 is 11.8 Å². The number of guanidine groups is 1.